The summed E-state index contributed by atoms with van der Waals surface area (Å²) in [7, 11) is 5.63. The maximum absolute atomic E-state index is 13.3. The first-order valence-electron chi connectivity index (χ1n) is 17.1. The third-order valence-corrected chi connectivity index (χ3v) is 12.0. The standard InChI is InChI=1S/C38H42N4O7/c1-41(17-16-40-35(45)28(39)18-22-4-8-24(43)9-5-22)36(46)48-25-10-6-23(7-11-25)19-42(2)21-37-20-38-27(33(37)42)12-14-29(44)34(38)49-32-30(47-3)15-13-26(37)31(32)38/h4-11,13,15,27-28,33-34H,12,14,16-21,39H2,1-3H3,(H-,40,43,45)/p+1/t27-,28-,33?,34-,37?,38-,42-/m0/s1. The highest BCUT2D eigenvalue weighted by atomic mass is 16.6. The van der Waals surface area contributed by atoms with Crippen molar-refractivity contribution in [3.63, 3.8) is 0 Å². The van der Waals surface area contributed by atoms with Gasteiger partial charge in [-0.1, -0.05) is 18.2 Å². The average Bonchev–Trinajstić information content (AvgIpc) is 3.67. The molecule has 3 aromatic rings. The quantitative estimate of drug-likeness (QED) is 0.280. The molecule has 2 saturated carbocycles. The van der Waals surface area contributed by atoms with Gasteiger partial charge in [0.25, 0.3) is 0 Å². The number of methoxy groups -OCH3 is 1. The number of carbonyl (C=O) groups is 3. The lowest BCUT2D eigenvalue weighted by Crippen LogP contribution is -2.77. The molecule has 2 amide bonds. The van der Waals surface area contributed by atoms with Gasteiger partial charge < -0.3 is 39.8 Å². The lowest BCUT2D eigenvalue weighted by Gasteiger charge is -2.62. The molecule has 2 aliphatic heterocycles. The molecule has 11 heteroatoms. The van der Waals surface area contributed by atoms with Crippen molar-refractivity contribution in [2.24, 2.45) is 11.7 Å². The van der Waals surface area contributed by atoms with Crippen LogP contribution in [0.3, 0.4) is 0 Å². The summed E-state index contributed by atoms with van der Waals surface area (Å²) in [5.41, 5.74) is 10.5. The third-order valence-electron chi connectivity index (χ3n) is 12.0. The zero-order valence-corrected chi connectivity index (χ0v) is 28.1. The van der Waals surface area contributed by atoms with Crippen LogP contribution in [-0.4, -0.2) is 91.3 Å². The maximum Gasteiger partial charge on any atom is 0.415 e. The number of rotatable bonds is 10. The number of benzene rings is 3. The van der Waals surface area contributed by atoms with Crippen molar-refractivity contribution < 1.29 is 38.2 Å². The molecular weight excluding hydrogens is 624 g/mol. The first kappa shape index (κ1) is 31.6. The second-order valence-electron chi connectivity index (χ2n) is 14.9. The molecule has 256 valence electrons. The van der Waals surface area contributed by atoms with Crippen LogP contribution in [0.25, 0.3) is 0 Å². The van der Waals surface area contributed by atoms with Crippen LogP contribution in [0.2, 0.25) is 0 Å². The Balaban J connectivity index is 0.876. The SMILES string of the molecule is COc1ccc2c3c1O[C@H]1C(=O)CC[C@H]4C5C2(C[C@]314)C[N@+]5(C)Cc1ccc(OC(=O)N(C)CCNC(=O)[C@@H](N)Cc2ccc(O)cc2)cc1. The van der Waals surface area contributed by atoms with Gasteiger partial charge in [0.2, 0.25) is 5.91 Å². The van der Waals surface area contributed by atoms with Crippen molar-refractivity contribution in [2.45, 2.75) is 61.2 Å². The molecule has 3 aliphatic carbocycles. The molecule has 2 bridgehead atoms. The highest BCUT2D eigenvalue weighted by molar-refractivity contribution is 5.90. The number of aromatic hydroxyl groups is 1. The number of ketones is 1. The largest absolute Gasteiger partial charge is 0.508 e. The van der Waals surface area contributed by atoms with Gasteiger partial charge in [-0.2, -0.15) is 0 Å². The van der Waals surface area contributed by atoms with E-state index < -0.39 is 18.2 Å². The Morgan fingerprint density at radius 3 is 2.59 bits per heavy atom. The number of likely N-dealkylation sites (tertiary alicyclic amines) is 1. The lowest BCUT2D eigenvalue weighted by atomic mass is 9.57. The van der Waals surface area contributed by atoms with Crippen molar-refractivity contribution in [1.29, 1.82) is 0 Å². The highest BCUT2D eigenvalue weighted by Gasteiger charge is 2.85. The number of nitrogens with zero attached hydrogens (tertiary/aromatic N) is 2. The first-order valence-corrected chi connectivity index (χ1v) is 17.1. The van der Waals surface area contributed by atoms with Crippen LogP contribution in [-0.2, 0) is 33.4 Å². The Bertz CT molecular complexity index is 1850. The number of nitrogens with one attached hydrogen (secondary N) is 1. The number of ether oxygens (including phenoxy) is 3. The van der Waals surface area contributed by atoms with Crippen molar-refractivity contribution in [3.8, 4) is 23.0 Å². The zero-order chi connectivity index (χ0) is 34.3. The first-order chi connectivity index (χ1) is 23.5. The number of Topliss-reactive ketones (excluding diaryl/α,β-unsaturated/α-hetero) is 1. The molecule has 3 fully saturated rings. The molecule has 11 nitrogen and oxygen atoms in total. The number of phenols is 1. The Labute approximate surface area is 285 Å². The maximum atomic E-state index is 13.3. The molecule has 8 rings (SSSR count). The minimum absolute atomic E-state index is 0.0553. The number of nitrogens with two attached hydrogens (primary N) is 1. The number of carbonyl (C=O) groups excluding carboxylic acids is 3. The van der Waals surface area contributed by atoms with Crippen LogP contribution >= 0.6 is 0 Å². The molecule has 2 unspecified atom stereocenters. The van der Waals surface area contributed by atoms with E-state index in [1.807, 2.05) is 30.3 Å². The average molecular weight is 668 g/mol. The lowest BCUT2D eigenvalue weighted by molar-refractivity contribution is -0.999. The monoisotopic (exact) mass is 667 g/mol. The number of fused-ring (bicyclic) bond motifs is 1. The van der Waals surface area contributed by atoms with E-state index in [0.717, 1.165) is 47.5 Å². The van der Waals surface area contributed by atoms with Crippen LogP contribution in [0.5, 0.6) is 23.0 Å². The molecule has 3 aromatic carbocycles. The van der Waals surface area contributed by atoms with Gasteiger partial charge in [-0.25, -0.2) is 4.79 Å². The van der Waals surface area contributed by atoms with Crippen molar-refractivity contribution in [3.05, 3.63) is 82.9 Å². The van der Waals surface area contributed by atoms with Gasteiger partial charge in [0, 0.05) is 43.6 Å². The predicted molar refractivity (Wildman–Crippen MR) is 180 cm³/mol. The van der Waals surface area contributed by atoms with Crippen LogP contribution < -0.4 is 25.3 Å². The van der Waals surface area contributed by atoms with Crippen molar-refractivity contribution >= 4 is 17.8 Å². The minimum atomic E-state index is -0.747. The van der Waals surface area contributed by atoms with E-state index in [-0.39, 0.29) is 41.4 Å². The van der Waals surface area contributed by atoms with Gasteiger partial charge in [0.15, 0.2) is 23.4 Å². The summed E-state index contributed by atoms with van der Waals surface area (Å²) in [5, 5.41) is 12.2. The zero-order valence-electron chi connectivity index (χ0n) is 28.1. The fourth-order valence-electron chi connectivity index (χ4n) is 10.4. The van der Waals surface area contributed by atoms with Gasteiger partial charge in [0.05, 0.1) is 37.6 Å². The fraction of sp³-hybridized carbons (Fsp3) is 0.447. The Morgan fingerprint density at radius 1 is 1.12 bits per heavy atom. The number of quaternary nitrogens is 1. The number of likely N-dealkylation sites (N-methyl/N-ethyl adjacent to an activating group) is 2. The number of phenolic OH excluding ortho intramolecular Hbond substituents is 1. The van der Waals surface area contributed by atoms with E-state index in [1.165, 1.54) is 21.6 Å². The number of amides is 2. The van der Waals surface area contributed by atoms with E-state index >= 15 is 0 Å². The molecule has 5 aliphatic rings. The third kappa shape index (κ3) is 4.65. The van der Waals surface area contributed by atoms with Crippen LogP contribution in [0.4, 0.5) is 4.79 Å². The van der Waals surface area contributed by atoms with Crippen molar-refractivity contribution in [1.82, 2.24) is 10.2 Å². The Kier molecular flexibility index (Phi) is 7.24. The minimum Gasteiger partial charge on any atom is -0.508 e. The number of hydrogen-bond donors (Lipinski definition) is 3. The molecule has 7 atom stereocenters. The summed E-state index contributed by atoms with van der Waals surface area (Å²) >= 11 is 0. The van der Waals surface area contributed by atoms with E-state index in [0.29, 0.717) is 30.6 Å². The second kappa shape index (κ2) is 11.2. The molecule has 4 N–H and O–H groups in total. The Hall–Kier alpha value is -4.61. The molecule has 0 radical (unpaired) electrons. The smallest absolute Gasteiger partial charge is 0.415 e. The van der Waals surface area contributed by atoms with E-state index in [9.17, 15) is 19.5 Å². The molecule has 49 heavy (non-hydrogen) atoms. The summed E-state index contributed by atoms with van der Waals surface area (Å²) in [5.74, 6) is 2.42. The molecule has 1 saturated heterocycles. The van der Waals surface area contributed by atoms with E-state index in [4.69, 9.17) is 19.9 Å². The van der Waals surface area contributed by atoms with Gasteiger partial charge in [-0.05, 0) is 72.9 Å². The Morgan fingerprint density at radius 2 is 1.86 bits per heavy atom. The van der Waals surface area contributed by atoms with E-state index in [1.54, 1.807) is 38.4 Å². The predicted octanol–water partition coefficient (Wildman–Crippen LogP) is 3.18. The molecule has 0 aromatic heterocycles. The van der Waals surface area contributed by atoms with Crippen LogP contribution in [0, 0.1) is 5.92 Å². The van der Waals surface area contributed by atoms with Gasteiger partial charge in [-0.15, -0.1) is 0 Å². The fourth-order valence-corrected chi connectivity index (χ4v) is 10.4. The molecular formula is C38H43N4O7+. The van der Waals surface area contributed by atoms with Gasteiger partial charge in [-0.3, -0.25) is 9.59 Å². The van der Waals surface area contributed by atoms with Gasteiger partial charge in [0.1, 0.15) is 24.1 Å². The molecule has 2 spiro atoms. The highest BCUT2D eigenvalue weighted by Crippen LogP contribution is 2.77. The van der Waals surface area contributed by atoms with Crippen LogP contribution in [0.1, 0.15) is 41.5 Å². The summed E-state index contributed by atoms with van der Waals surface area (Å²) in [6.07, 6.45) is 1.84. The topological polar surface area (TPSA) is 140 Å². The van der Waals surface area contributed by atoms with E-state index in [2.05, 4.69) is 18.4 Å². The normalized spacial score (nSPS) is 30.0. The number of hydrogen-bond acceptors (Lipinski definition) is 8. The summed E-state index contributed by atoms with van der Waals surface area (Å²) in [4.78, 5) is 39.9. The van der Waals surface area contributed by atoms with Crippen molar-refractivity contribution in [2.75, 3.05) is 40.8 Å². The molecule has 2 heterocycles. The van der Waals surface area contributed by atoms with Crippen LogP contribution in [0.15, 0.2) is 60.7 Å². The van der Waals surface area contributed by atoms with Gasteiger partial charge >= 0.3 is 6.09 Å². The second-order valence-corrected chi connectivity index (χ2v) is 14.9. The summed E-state index contributed by atoms with van der Waals surface area (Å²) < 4.78 is 18.7. The summed E-state index contributed by atoms with van der Waals surface area (Å²) in [6, 6.07) is 18.2. The summed E-state index contributed by atoms with van der Waals surface area (Å²) in [6.45, 7) is 2.34.